The fourth-order valence-electron chi connectivity index (χ4n) is 5.82. The maximum Gasteiger partial charge on any atom is 0.344 e. The second-order valence-corrected chi connectivity index (χ2v) is 8.83. The lowest BCUT2D eigenvalue weighted by Gasteiger charge is -2.56. The van der Waals surface area contributed by atoms with E-state index < -0.39 is 5.97 Å². The van der Waals surface area contributed by atoms with Crippen LogP contribution in [0.4, 0.5) is 0 Å². The van der Waals surface area contributed by atoms with E-state index in [4.69, 9.17) is 9.47 Å². The predicted molar refractivity (Wildman–Crippen MR) is 102 cm³/mol. The van der Waals surface area contributed by atoms with Crippen molar-refractivity contribution in [3.05, 3.63) is 29.8 Å². The van der Waals surface area contributed by atoms with Crippen LogP contribution in [0.3, 0.4) is 0 Å². The summed E-state index contributed by atoms with van der Waals surface area (Å²) in [5, 5.41) is 2.99. The van der Waals surface area contributed by atoms with Crippen molar-refractivity contribution >= 4 is 18.2 Å². The molecule has 0 aromatic heterocycles. The minimum absolute atomic E-state index is 0.251. The molecule has 4 aliphatic rings. The third-order valence-corrected chi connectivity index (χ3v) is 6.56. The fourth-order valence-corrected chi connectivity index (χ4v) is 5.82. The van der Waals surface area contributed by atoms with Gasteiger partial charge in [-0.1, -0.05) is 0 Å². The first-order chi connectivity index (χ1) is 13.5. The normalized spacial score (nSPS) is 29.9. The van der Waals surface area contributed by atoms with E-state index in [1.807, 2.05) is 0 Å². The van der Waals surface area contributed by atoms with E-state index >= 15 is 0 Å². The van der Waals surface area contributed by atoms with Crippen LogP contribution in [0.15, 0.2) is 24.3 Å². The first-order valence-corrected chi connectivity index (χ1v) is 10.1. The molecule has 4 saturated carbocycles. The van der Waals surface area contributed by atoms with Crippen molar-refractivity contribution in [3.8, 4) is 5.75 Å². The quantitative estimate of drug-likeness (QED) is 0.550. The largest absolute Gasteiger partial charge is 0.482 e. The molecule has 0 atom stereocenters. The van der Waals surface area contributed by atoms with Crippen LogP contribution in [0.25, 0.3) is 0 Å². The minimum Gasteiger partial charge on any atom is -0.482 e. The molecule has 0 unspecified atom stereocenters. The molecule has 1 amide bonds. The average Bonchev–Trinajstić information content (AvgIpc) is 2.68. The Morgan fingerprint density at radius 2 is 1.61 bits per heavy atom. The Hall–Kier alpha value is -2.37. The molecule has 4 aliphatic carbocycles. The number of benzene rings is 1. The van der Waals surface area contributed by atoms with E-state index in [0.29, 0.717) is 17.9 Å². The molecule has 0 spiro atoms. The highest BCUT2D eigenvalue weighted by atomic mass is 16.6. The molecule has 1 aromatic carbocycles. The summed E-state index contributed by atoms with van der Waals surface area (Å²) in [6, 6.07) is 6.42. The van der Waals surface area contributed by atoms with Gasteiger partial charge in [0.1, 0.15) is 12.0 Å². The molecule has 4 fully saturated rings. The Morgan fingerprint density at radius 1 is 1.00 bits per heavy atom. The zero-order valence-electron chi connectivity index (χ0n) is 16.0. The molecule has 0 heterocycles. The first-order valence-electron chi connectivity index (χ1n) is 10.1. The molecule has 0 saturated heterocycles. The first kappa shape index (κ1) is 19.0. The van der Waals surface area contributed by atoms with E-state index in [1.54, 1.807) is 24.3 Å². The zero-order valence-corrected chi connectivity index (χ0v) is 16.0. The summed E-state index contributed by atoms with van der Waals surface area (Å²) in [6.45, 7) is 0.147. The smallest absolute Gasteiger partial charge is 0.344 e. The number of rotatable bonds is 8. The summed E-state index contributed by atoms with van der Waals surface area (Å²) in [4.78, 5) is 34.5. The van der Waals surface area contributed by atoms with Crippen molar-refractivity contribution in [3.63, 3.8) is 0 Å². The van der Waals surface area contributed by atoms with Gasteiger partial charge in [-0.05, 0) is 86.0 Å². The van der Waals surface area contributed by atoms with E-state index in [1.165, 1.54) is 38.5 Å². The predicted octanol–water partition coefficient (Wildman–Crippen LogP) is 2.75. The molecule has 6 nitrogen and oxygen atoms in total. The average molecular weight is 385 g/mol. The van der Waals surface area contributed by atoms with Gasteiger partial charge in [0.15, 0.2) is 13.2 Å². The highest BCUT2D eigenvalue weighted by Gasteiger charge is 2.50. The molecule has 28 heavy (non-hydrogen) atoms. The maximum atomic E-state index is 12.1. The van der Waals surface area contributed by atoms with E-state index in [9.17, 15) is 14.4 Å². The Kier molecular flexibility index (Phi) is 5.38. The number of hydrogen-bond donors (Lipinski definition) is 1. The monoisotopic (exact) mass is 385 g/mol. The van der Waals surface area contributed by atoms with Gasteiger partial charge in [0.2, 0.25) is 0 Å². The van der Waals surface area contributed by atoms with Crippen molar-refractivity contribution in [1.29, 1.82) is 0 Å². The molecule has 150 valence electrons. The van der Waals surface area contributed by atoms with E-state index in [2.05, 4.69) is 5.32 Å². The van der Waals surface area contributed by atoms with Crippen molar-refractivity contribution in [2.45, 2.75) is 38.5 Å². The van der Waals surface area contributed by atoms with Crippen molar-refractivity contribution < 1.29 is 23.9 Å². The number of carbonyl (C=O) groups is 3. The van der Waals surface area contributed by atoms with Gasteiger partial charge in [-0.2, -0.15) is 0 Å². The number of aldehydes is 1. The highest BCUT2D eigenvalue weighted by molar-refractivity contribution is 5.81. The highest BCUT2D eigenvalue weighted by Crippen LogP contribution is 2.59. The Morgan fingerprint density at radius 3 is 2.18 bits per heavy atom. The lowest BCUT2D eigenvalue weighted by Crippen LogP contribution is -2.51. The Bertz CT molecular complexity index is 707. The number of carbonyl (C=O) groups excluding carboxylic acids is 3. The standard InChI is InChI=1S/C22H27NO5/c24-11-15-1-3-19(4-2-15)27-13-21(26)28-12-20(25)23-14-22-8-16-5-17(9-22)7-18(6-16)10-22/h1-4,11,16-18H,5-10,12-14H2,(H,23,25). The van der Waals surface area contributed by atoms with Crippen LogP contribution in [0.5, 0.6) is 5.75 Å². The molecule has 5 rings (SSSR count). The SMILES string of the molecule is O=Cc1ccc(OCC(=O)OCC(=O)NCC23CC4CC(CC(C4)C2)C3)cc1. The van der Waals surface area contributed by atoms with Crippen LogP contribution < -0.4 is 10.1 Å². The lowest BCUT2D eigenvalue weighted by molar-refractivity contribution is -0.150. The molecular formula is C22H27NO5. The van der Waals surface area contributed by atoms with Gasteiger partial charge in [-0.15, -0.1) is 0 Å². The van der Waals surface area contributed by atoms with Gasteiger partial charge >= 0.3 is 5.97 Å². The van der Waals surface area contributed by atoms with Gasteiger partial charge < -0.3 is 14.8 Å². The molecule has 0 aliphatic heterocycles. The van der Waals surface area contributed by atoms with Gasteiger partial charge in [-0.25, -0.2) is 4.79 Å². The lowest BCUT2D eigenvalue weighted by atomic mass is 9.49. The van der Waals surface area contributed by atoms with Gasteiger partial charge in [-0.3, -0.25) is 9.59 Å². The molecular weight excluding hydrogens is 358 g/mol. The summed E-state index contributed by atoms with van der Waals surface area (Å²) < 4.78 is 10.3. The summed E-state index contributed by atoms with van der Waals surface area (Å²) in [5.41, 5.74) is 0.802. The third kappa shape index (κ3) is 4.37. The Labute approximate surface area is 165 Å². The van der Waals surface area contributed by atoms with E-state index in [-0.39, 0.29) is 24.5 Å². The number of hydrogen-bond acceptors (Lipinski definition) is 5. The van der Waals surface area contributed by atoms with Crippen LogP contribution >= 0.6 is 0 Å². The molecule has 1 N–H and O–H groups in total. The van der Waals surface area contributed by atoms with Crippen LogP contribution in [-0.4, -0.2) is 37.9 Å². The number of esters is 1. The Balaban J connectivity index is 1.16. The number of ether oxygens (including phenoxy) is 2. The summed E-state index contributed by atoms with van der Waals surface area (Å²) in [6.07, 6.45) is 8.56. The summed E-state index contributed by atoms with van der Waals surface area (Å²) in [7, 11) is 0. The molecule has 1 aromatic rings. The zero-order chi connectivity index (χ0) is 19.6. The van der Waals surface area contributed by atoms with Crippen LogP contribution in [-0.2, 0) is 14.3 Å². The third-order valence-electron chi connectivity index (χ3n) is 6.56. The number of amides is 1. The van der Waals surface area contributed by atoms with Crippen molar-refractivity contribution in [2.75, 3.05) is 19.8 Å². The van der Waals surface area contributed by atoms with Crippen molar-refractivity contribution in [1.82, 2.24) is 5.32 Å². The summed E-state index contributed by atoms with van der Waals surface area (Å²) >= 11 is 0. The number of nitrogens with one attached hydrogen (secondary N) is 1. The van der Waals surface area contributed by atoms with Gasteiger partial charge in [0.05, 0.1) is 0 Å². The fraction of sp³-hybridized carbons (Fsp3) is 0.591. The van der Waals surface area contributed by atoms with Crippen LogP contribution in [0, 0.1) is 23.2 Å². The summed E-state index contributed by atoms with van der Waals surface area (Å²) in [5.74, 6) is 2.16. The maximum absolute atomic E-state index is 12.1. The molecule has 4 bridgehead atoms. The second kappa shape index (κ2) is 7.94. The van der Waals surface area contributed by atoms with Gasteiger partial charge in [0, 0.05) is 12.1 Å². The van der Waals surface area contributed by atoms with E-state index in [0.717, 1.165) is 24.0 Å². The van der Waals surface area contributed by atoms with Gasteiger partial charge in [0.25, 0.3) is 5.91 Å². The molecule has 6 heteroatoms. The van der Waals surface area contributed by atoms with Crippen LogP contribution in [0.2, 0.25) is 0 Å². The van der Waals surface area contributed by atoms with Crippen molar-refractivity contribution in [2.24, 2.45) is 23.2 Å². The molecule has 0 radical (unpaired) electrons. The second-order valence-electron chi connectivity index (χ2n) is 8.83. The van der Waals surface area contributed by atoms with Crippen LogP contribution in [0.1, 0.15) is 48.9 Å². The topological polar surface area (TPSA) is 81.7 Å². The minimum atomic E-state index is -0.593.